The normalized spacial score (nSPS) is 20.1. The van der Waals surface area contributed by atoms with Crippen LogP contribution >= 0.6 is 23.7 Å². The third kappa shape index (κ3) is 5.42. The van der Waals surface area contributed by atoms with Gasteiger partial charge >= 0.3 is 0 Å². The van der Waals surface area contributed by atoms with Gasteiger partial charge in [0.1, 0.15) is 12.4 Å². The van der Waals surface area contributed by atoms with Gasteiger partial charge in [-0.05, 0) is 36.5 Å². The lowest BCUT2D eigenvalue weighted by molar-refractivity contribution is 0.0898. The van der Waals surface area contributed by atoms with Crippen molar-refractivity contribution in [2.45, 2.75) is 46.4 Å². The molecule has 0 saturated carbocycles. The predicted molar refractivity (Wildman–Crippen MR) is 107 cm³/mol. The van der Waals surface area contributed by atoms with E-state index in [9.17, 15) is 0 Å². The fourth-order valence-electron chi connectivity index (χ4n) is 3.20. The Balaban J connectivity index is 0.00000225. The highest BCUT2D eigenvalue weighted by molar-refractivity contribution is 7.09. The first kappa shape index (κ1) is 20.2. The molecule has 1 atom stereocenters. The van der Waals surface area contributed by atoms with Crippen LogP contribution in [0.2, 0.25) is 0 Å². The molecule has 25 heavy (non-hydrogen) atoms. The lowest BCUT2D eigenvalue weighted by Gasteiger charge is -2.42. The Labute approximate surface area is 160 Å². The highest BCUT2D eigenvalue weighted by Gasteiger charge is 2.33. The van der Waals surface area contributed by atoms with Crippen molar-refractivity contribution >= 4 is 23.7 Å². The molecular formula is C19H28ClN3OS. The number of aryl methyl sites for hydroxylation is 1. The second kappa shape index (κ2) is 8.49. The molecule has 1 unspecified atom stereocenters. The maximum Gasteiger partial charge on any atom is 0.131 e. The number of thiazole rings is 1. The monoisotopic (exact) mass is 381 g/mol. The van der Waals surface area contributed by atoms with Gasteiger partial charge < -0.3 is 10.5 Å². The van der Waals surface area contributed by atoms with E-state index in [0.717, 1.165) is 42.5 Å². The maximum absolute atomic E-state index is 6.22. The summed E-state index contributed by atoms with van der Waals surface area (Å²) in [4.78, 5) is 6.91. The molecule has 0 bridgehead atoms. The van der Waals surface area contributed by atoms with Crippen LogP contribution in [0, 0.1) is 12.3 Å². The highest BCUT2D eigenvalue weighted by atomic mass is 35.5. The Hall–Kier alpha value is -1.14. The molecule has 3 rings (SSSR count). The molecule has 0 spiro atoms. The number of hydrogen-bond donors (Lipinski definition) is 1. The van der Waals surface area contributed by atoms with Crippen molar-refractivity contribution < 1.29 is 4.74 Å². The molecule has 1 aliphatic heterocycles. The zero-order valence-corrected chi connectivity index (χ0v) is 16.8. The summed E-state index contributed by atoms with van der Waals surface area (Å²) in [5.41, 5.74) is 8.72. The second-order valence-corrected chi connectivity index (χ2v) is 8.45. The molecule has 0 aliphatic carbocycles. The van der Waals surface area contributed by atoms with Gasteiger partial charge in [0.05, 0.1) is 10.7 Å². The van der Waals surface area contributed by atoms with Crippen LogP contribution in [0.1, 0.15) is 36.5 Å². The van der Waals surface area contributed by atoms with Gasteiger partial charge in [-0.2, -0.15) is 0 Å². The minimum Gasteiger partial charge on any atom is -0.487 e. The van der Waals surface area contributed by atoms with Crippen molar-refractivity contribution in [2.75, 3.05) is 13.1 Å². The molecule has 6 heteroatoms. The minimum atomic E-state index is 0. The summed E-state index contributed by atoms with van der Waals surface area (Å²) in [7, 11) is 0. The largest absolute Gasteiger partial charge is 0.487 e. The van der Waals surface area contributed by atoms with Gasteiger partial charge in [0, 0.05) is 31.1 Å². The molecule has 0 radical (unpaired) electrons. The van der Waals surface area contributed by atoms with Gasteiger partial charge in [-0.15, -0.1) is 23.7 Å². The number of halogens is 1. The molecule has 1 saturated heterocycles. The van der Waals surface area contributed by atoms with Crippen LogP contribution in [0.25, 0.3) is 0 Å². The van der Waals surface area contributed by atoms with E-state index in [0.29, 0.717) is 12.6 Å². The molecule has 4 nitrogen and oxygen atoms in total. The van der Waals surface area contributed by atoms with E-state index in [1.54, 1.807) is 11.3 Å². The molecule has 138 valence electrons. The number of benzene rings is 1. The van der Waals surface area contributed by atoms with E-state index in [1.807, 2.05) is 12.3 Å². The van der Waals surface area contributed by atoms with E-state index >= 15 is 0 Å². The van der Waals surface area contributed by atoms with Crippen LogP contribution in [-0.4, -0.2) is 29.0 Å². The predicted octanol–water partition coefficient (Wildman–Crippen LogP) is 4.01. The Kier molecular flexibility index (Phi) is 6.86. The topological polar surface area (TPSA) is 51.4 Å². The average molecular weight is 382 g/mol. The lowest BCUT2D eigenvalue weighted by Crippen LogP contribution is -2.52. The van der Waals surface area contributed by atoms with Crippen molar-refractivity contribution in [3.8, 4) is 5.75 Å². The quantitative estimate of drug-likeness (QED) is 0.850. The fourth-order valence-corrected chi connectivity index (χ4v) is 3.80. The molecule has 0 amide bonds. The summed E-state index contributed by atoms with van der Waals surface area (Å²) in [5, 5.41) is 3.13. The standard InChI is InChI=1S/C19H27N3OS.ClH/c1-14-21-16(12-24-14)11-23-17-6-4-15(5-7-17)10-22-9-8-18(20)19(2,3)13-22;/h4-7,12,18H,8-11,13,20H2,1-3H3;1H. The zero-order chi connectivity index (χ0) is 17.2. The summed E-state index contributed by atoms with van der Waals surface area (Å²) in [6.07, 6.45) is 1.07. The van der Waals surface area contributed by atoms with Crippen molar-refractivity contribution in [3.05, 3.63) is 45.9 Å². The van der Waals surface area contributed by atoms with Gasteiger partial charge in [0.25, 0.3) is 0 Å². The average Bonchev–Trinajstić information content (AvgIpc) is 2.96. The summed E-state index contributed by atoms with van der Waals surface area (Å²) in [5.74, 6) is 0.894. The van der Waals surface area contributed by atoms with Crippen molar-refractivity contribution in [1.29, 1.82) is 0 Å². The van der Waals surface area contributed by atoms with Crippen LogP contribution in [-0.2, 0) is 13.2 Å². The highest BCUT2D eigenvalue weighted by Crippen LogP contribution is 2.28. The Morgan fingerprint density at radius 2 is 2.04 bits per heavy atom. The van der Waals surface area contributed by atoms with Crippen LogP contribution in [0.3, 0.4) is 0 Å². The number of rotatable bonds is 5. The number of nitrogens with zero attached hydrogens (tertiary/aromatic N) is 2. The van der Waals surface area contributed by atoms with Crippen LogP contribution in [0.4, 0.5) is 0 Å². The fraction of sp³-hybridized carbons (Fsp3) is 0.526. The molecule has 1 aromatic heterocycles. The number of likely N-dealkylation sites (tertiary alicyclic amines) is 1. The van der Waals surface area contributed by atoms with Crippen LogP contribution in [0.5, 0.6) is 5.75 Å². The number of ether oxygens (including phenoxy) is 1. The molecule has 1 aliphatic rings. The second-order valence-electron chi connectivity index (χ2n) is 7.38. The van der Waals surface area contributed by atoms with Gasteiger partial charge in [0.15, 0.2) is 0 Å². The first-order valence-electron chi connectivity index (χ1n) is 8.53. The smallest absolute Gasteiger partial charge is 0.131 e. The molecular weight excluding hydrogens is 354 g/mol. The number of nitrogens with two attached hydrogens (primary N) is 1. The Bertz CT molecular complexity index is 672. The van der Waals surface area contributed by atoms with Gasteiger partial charge in [-0.1, -0.05) is 26.0 Å². The molecule has 1 aromatic carbocycles. The number of piperidine rings is 1. The van der Waals surface area contributed by atoms with Crippen molar-refractivity contribution in [2.24, 2.45) is 11.1 Å². The van der Waals surface area contributed by atoms with E-state index in [1.165, 1.54) is 5.56 Å². The van der Waals surface area contributed by atoms with E-state index < -0.39 is 0 Å². The van der Waals surface area contributed by atoms with Gasteiger partial charge in [-0.25, -0.2) is 4.98 Å². The Morgan fingerprint density at radius 1 is 1.32 bits per heavy atom. The third-order valence-corrected chi connectivity index (χ3v) is 5.60. The number of aromatic nitrogens is 1. The van der Waals surface area contributed by atoms with Crippen molar-refractivity contribution in [1.82, 2.24) is 9.88 Å². The lowest BCUT2D eigenvalue weighted by atomic mass is 9.79. The Morgan fingerprint density at radius 3 is 2.64 bits per heavy atom. The van der Waals surface area contributed by atoms with E-state index in [4.69, 9.17) is 10.5 Å². The van der Waals surface area contributed by atoms with Gasteiger partial charge in [0.2, 0.25) is 0 Å². The molecule has 1 fully saturated rings. The molecule has 2 N–H and O–H groups in total. The molecule has 2 aromatic rings. The maximum atomic E-state index is 6.22. The molecule has 2 heterocycles. The number of hydrogen-bond acceptors (Lipinski definition) is 5. The summed E-state index contributed by atoms with van der Waals surface area (Å²) in [6.45, 7) is 10.2. The minimum absolute atomic E-state index is 0. The van der Waals surface area contributed by atoms with E-state index in [-0.39, 0.29) is 17.8 Å². The van der Waals surface area contributed by atoms with Crippen molar-refractivity contribution in [3.63, 3.8) is 0 Å². The SMILES string of the molecule is Cc1nc(COc2ccc(CN3CCC(N)C(C)(C)C3)cc2)cs1.Cl. The third-order valence-electron chi connectivity index (χ3n) is 4.77. The summed E-state index contributed by atoms with van der Waals surface area (Å²) in [6, 6.07) is 8.72. The first-order chi connectivity index (χ1) is 11.4. The van der Waals surface area contributed by atoms with E-state index in [2.05, 4.69) is 48.0 Å². The summed E-state index contributed by atoms with van der Waals surface area (Å²) < 4.78 is 5.81. The first-order valence-corrected chi connectivity index (χ1v) is 9.41. The van der Waals surface area contributed by atoms with Crippen LogP contribution < -0.4 is 10.5 Å². The summed E-state index contributed by atoms with van der Waals surface area (Å²) >= 11 is 1.66. The van der Waals surface area contributed by atoms with Crippen LogP contribution in [0.15, 0.2) is 29.6 Å². The zero-order valence-electron chi connectivity index (χ0n) is 15.2. The van der Waals surface area contributed by atoms with Gasteiger partial charge in [-0.3, -0.25) is 4.90 Å².